The van der Waals surface area contributed by atoms with E-state index in [2.05, 4.69) is 80.8 Å². The number of nitrogens with zero attached hydrogens (tertiary/aromatic N) is 2. The Hall–Kier alpha value is -3.20. The minimum atomic E-state index is 0.143. The molecule has 0 bridgehead atoms. The zero-order valence-corrected chi connectivity index (χ0v) is 18.8. The average molecular weight is 411 g/mol. The molecule has 3 aromatic carbocycles. The largest absolute Gasteiger partial charge is 0.323 e. The van der Waals surface area contributed by atoms with E-state index in [1.54, 1.807) is 0 Å². The summed E-state index contributed by atoms with van der Waals surface area (Å²) >= 11 is 0. The molecule has 0 amide bonds. The molecule has 3 heteroatoms. The topological polar surface area (TPSA) is 34.9 Å². The predicted octanol–water partition coefficient (Wildman–Crippen LogP) is 6.56. The minimum Gasteiger partial charge on any atom is -0.323 e. The van der Waals surface area contributed by atoms with E-state index in [-0.39, 0.29) is 5.92 Å². The number of benzene rings is 3. The van der Waals surface area contributed by atoms with Crippen LogP contribution in [-0.2, 0) is 13.0 Å². The fraction of sp³-hybridized carbons (Fsp3) is 0.286. The van der Waals surface area contributed by atoms with Crippen molar-refractivity contribution in [3.8, 4) is 0 Å². The van der Waals surface area contributed by atoms with Gasteiger partial charge in [0.05, 0.1) is 11.0 Å². The Labute approximate surface area is 184 Å². The number of carbonyl (C=O) groups is 1. The van der Waals surface area contributed by atoms with Gasteiger partial charge in [0.15, 0.2) is 0 Å². The zero-order chi connectivity index (χ0) is 22.0. The van der Waals surface area contributed by atoms with Gasteiger partial charge in [-0.3, -0.25) is 4.79 Å². The third kappa shape index (κ3) is 4.46. The van der Waals surface area contributed by atoms with Crippen LogP contribution in [0.4, 0.5) is 0 Å². The van der Waals surface area contributed by atoms with Crippen molar-refractivity contribution in [2.45, 2.75) is 46.6 Å². The zero-order valence-electron chi connectivity index (χ0n) is 18.8. The Kier molecular flexibility index (Phi) is 6.03. The lowest BCUT2D eigenvalue weighted by atomic mass is 9.96. The van der Waals surface area contributed by atoms with Gasteiger partial charge >= 0.3 is 0 Å². The molecule has 4 aromatic rings. The van der Waals surface area contributed by atoms with Gasteiger partial charge in [0.1, 0.15) is 12.1 Å². The molecule has 0 N–H and O–H groups in total. The predicted molar refractivity (Wildman–Crippen MR) is 128 cm³/mol. The fourth-order valence-electron chi connectivity index (χ4n) is 4.26. The molecular weight excluding hydrogens is 380 g/mol. The van der Waals surface area contributed by atoms with Crippen LogP contribution >= 0.6 is 0 Å². The molecule has 1 unspecified atom stereocenters. The van der Waals surface area contributed by atoms with Crippen molar-refractivity contribution in [3.05, 3.63) is 100 Å². The molecule has 0 aliphatic carbocycles. The molecule has 3 nitrogen and oxygen atoms in total. The number of aromatic nitrogens is 2. The van der Waals surface area contributed by atoms with Gasteiger partial charge < -0.3 is 4.57 Å². The first-order valence-electron chi connectivity index (χ1n) is 11.0. The summed E-state index contributed by atoms with van der Waals surface area (Å²) in [4.78, 5) is 16.3. The van der Waals surface area contributed by atoms with Crippen molar-refractivity contribution < 1.29 is 4.79 Å². The normalized spacial score (nSPS) is 12.4. The second-order valence-electron chi connectivity index (χ2n) is 8.91. The maximum absolute atomic E-state index is 11.3. The van der Waals surface area contributed by atoms with E-state index in [0.717, 1.165) is 36.1 Å². The quantitative estimate of drug-likeness (QED) is 0.324. The molecule has 0 spiro atoms. The Morgan fingerprint density at radius 3 is 2.39 bits per heavy atom. The molecular formula is C28H30N2O. The highest BCUT2D eigenvalue weighted by molar-refractivity contribution is 5.85. The molecule has 0 radical (unpaired) electrons. The molecule has 4 rings (SSSR count). The molecule has 0 saturated carbocycles. The summed E-state index contributed by atoms with van der Waals surface area (Å²) in [6.07, 6.45) is 1.98. The van der Waals surface area contributed by atoms with Gasteiger partial charge in [-0.05, 0) is 59.7 Å². The van der Waals surface area contributed by atoms with E-state index in [1.807, 2.05) is 18.2 Å². The van der Waals surface area contributed by atoms with Crippen LogP contribution in [0.2, 0.25) is 0 Å². The number of fused-ring (bicyclic) bond motifs is 1. The first kappa shape index (κ1) is 21.0. The number of hydrogen-bond donors (Lipinski definition) is 0. The summed E-state index contributed by atoms with van der Waals surface area (Å²) in [5.41, 5.74) is 7.76. The Morgan fingerprint density at radius 2 is 1.71 bits per heavy atom. The van der Waals surface area contributed by atoms with Crippen molar-refractivity contribution in [2.75, 3.05) is 0 Å². The van der Waals surface area contributed by atoms with E-state index in [9.17, 15) is 4.79 Å². The number of imidazole rings is 1. The Bertz CT molecular complexity index is 1200. The highest BCUT2D eigenvalue weighted by Gasteiger charge is 2.19. The Morgan fingerprint density at radius 1 is 0.968 bits per heavy atom. The van der Waals surface area contributed by atoms with Crippen LogP contribution in [0, 0.1) is 12.8 Å². The SMILES string of the molecule is Cc1ccccc1Cn1c(C(C)c2ccc(CC(C)C)cc2)nc2cc(C=O)ccc21. The number of aryl methyl sites for hydroxylation is 1. The van der Waals surface area contributed by atoms with Gasteiger partial charge in [-0.2, -0.15) is 0 Å². The highest BCUT2D eigenvalue weighted by Crippen LogP contribution is 2.29. The van der Waals surface area contributed by atoms with Crippen molar-refractivity contribution >= 4 is 17.3 Å². The second-order valence-corrected chi connectivity index (χ2v) is 8.91. The monoisotopic (exact) mass is 410 g/mol. The maximum Gasteiger partial charge on any atom is 0.150 e. The van der Waals surface area contributed by atoms with Gasteiger partial charge in [0.25, 0.3) is 0 Å². The molecule has 0 saturated heterocycles. The molecule has 1 aromatic heterocycles. The third-order valence-electron chi connectivity index (χ3n) is 6.04. The molecule has 0 aliphatic heterocycles. The Balaban J connectivity index is 1.78. The van der Waals surface area contributed by atoms with E-state index in [0.29, 0.717) is 11.5 Å². The van der Waals surface area contributed by atoms with Crippen molar-refractivity contribution in [3.63, 3.8) is 0 Å². The summed E-state index contributed by atoms with van der Waals surface area (Å²) in [6.45, 7) is 9.62. The van der Waals surface area contributed by atoms with Gasteiger partial charge in [0, 0.05) is 18.0 Å². The first-order chi connectivity index (χ1) is 15.0. The average Bonchev–Trinajstić information content (AvgIpc) is 3.12. The van der Waals surface area contributed by atoms with Crippen LogP contribution in [0.3, 0.4) is 0 Å². The van der Waals surface area contributed by atoms with Crippen molar-refractivity contribution in [2.24, 2.45) is 5.92 Å². The molecule has 0 fully saturated rings. The summed E-state index contributed by atoms with van der Waals surface area (Å²) in [7, 11) is 0. The van der Waals surface area contributed by atoms with Gasteiger partial charge in [0.2, 0.25) is 0 Å². The van der Waals surface area contributed by atoms with E-state index >= 15 is 0 Å². The molecule has 1 heterocycles. The van der Waals surface area contributed by atoms with E-state index < -0.39 is 0 Å². The number of hydrogen-bond acceptors (Lipinski definition) is 2. The maximum atomic E-state index is 11.3. The first-order valence-corrected chi connectivity index (χ1v) is 11.0. The van der Waals surface area contributed by atoms with Crippen molar-refractivity contribution in [1.82, 2.24) is 9.55 Å². The highest BCUT2D eigenvalue weighted by atomic mass is 16.1. The van der Waals surface area contributed by atoms with Crippen LogP contribution in [0.5, 0.6) is 0 Å². The molecule has 31 heavy (non-hydrogen) atoms. The van der Waals surface area contributed by atoms with Crippen LogP contribution in [0.15, 0.2) is 66.7 Å². The van der Waals surface area contributed by atoms with Gasteiger partial charge in [-0.15, -0.1) is 0 Å². The standard InChI is InChI=1S/C28H30N2O/c1-19(2)15-22-9-12-24(13-10-22)21(4)28-29-26-16-23(18-31)11-14-27(26)30(28)17-25-8-6-5-7-20(25)3/h5-14,16,18-19,21H,15,17H2,1-4H3. The lowest BCUT2D eigenvalue weighted by Gasteiger charge is -2.17. The second kappa shape index (κ2) is 8.89. The molecule has 1 atom stereocenters. The number of rotatable bonds is 7. The van der Waals surface area contributed by atoms with Crippen LogP contribution in [0.25, 0.3) is 11.0 Å². The summed E-state index contributed by atoms with van der Waals surface area (Å²) in [5, 5.41) is 0. The smallest absolute Gasteiger partial charge is 0.150 e. The van der Waals surface area contributed by atoms with E-state index in [4.69, 9.17) is 4.98 Å². The number of carbonyl (C=O) groups excluding carboxylic acids is 1. The van der Waals surface area contributed by atoms with E-state index in [1.165, 1.54) is 22.3 Å². The lowest BCUT2D eigenvalue weighted by molar-refractivity contribution is 0.112. The molecule has 0 aliphatic rings. The van der Waals surface area contributed by atoms with Gasteiger partial charge in [-0.25, -0.2) is 4.98 Å². The molecule has 158 valence electrons. The third-order valence-corrected chi connectivity index (χ3v) is 6.04. The van der Waals surface area contributed by atoms with Crippen LogP contribution in [0.1, 0.15) is 65.1 Å². The summed E-state index contributed by atoms with van der Waals surface area (Å²) in [5.74, 6) is 1.82. The lowest BCUT2D eigenvalue weighted by Crippen LogP contribution is -2.10. The summed E-state index contributed by atoms with van der Waals surface area (Å²) in [6, 6.07) is 23.2. The van der Waals surface area contributed by atoms with Crippen molar-refractivity contribution in [1.29, 1.82) is 0 Å². The fourth-order valence-corrected chi connectivity index (χ4v) is 4.26. The number of aldehydes is 1. The van der Waals surface area contributed by atoms with Gasteiger partial charge in [-0.1, -0.05) is 69.3 Å². The van der Waals surface area contributed by atoms with Crippen LogP contribution < -0.4 is 0 Å². The minimum absolute atomic E-state index is 0.143. The summed E-state index contributed by atoms with van der Waals surface area (Å²) < 4.78 is 2.30. The van der Waals surface area contributed by atoms with Crippen LogP contribution in [-0.4, -0.2) is 15.8 Å².